The minimum atomic E-state index is -1.11. The highest BCUT2D eigenvalue weighted by Crippen LogP contribution is 2.29. The molecule has 0 aromatic heterocycles. The van der Waals surface area contributed by atoms with Gasteiger partial charge in [-0.2, -0.15) is 0 Å². The molecule has 1 aromatic carbocycles. The minimum absolute atomic E-state index is 0.00707. The van der Waals surface area contributed by atoms with Gasteiger partial charge in [-0.05, 0) is 37.5 Å². The van der Waals surface area contributed by atoms with E-state index in [4.69, 9.17) is 16.7 Å². The van der Waals surface area contributed by atoms with Gasteiger partial charge in [-0.1, -0.05) is 25.4 Å². The number of amides is 1. The third-order valence-corrected chi connectivity index (χ3v) is 4.27. The largest absolute Gasteiger partial charge is 0.478 e. The quantitative estimate of drug-likeness (QED) is 0.901. The lowest BCUT2D eigenvalue weighted by atomic mass is 9.89. The van der Waals surface area contributed by atoms with Crippen LogP contribution in [0.1, 0.15) is 42.3 Å². The fourth-order valence-corrected chi connectivity index (χ4v) is 2.45. The van der Waals surface area contributed by atoms with Crippen molar-refractivity contribution in [3.63, 3.8) is 0 Å². The summed E-state index contributed by atoms with van der Waals surface area (Å²) in [5.74, 6) is -0.870. The maximum Gasteiger partial charge on any atom is 0.337 e. The molecular weight excluding hydrogens is 292 g/mol. The second-order valence-electron chi connectivity index (χ2n) is 5.67. The molecule has 1 atom stereocenters. The van der Waals surface area contributed by atoms with E-state index in [0.717, 1.165) is 5.56 Å². The van der Waals surface area contributed by atoms with E-state index < -0.39 is 11.5 Å². The third-order valence-electron chi connectivity index (χ3n) is 3.96. The molecule has 6 heteroatoms. The van der Waals surface area contributed by atoms with Gasteiger partial charge >= 0.3 is 5.97 Å². The van der Waals surface area contributed by atoms with Gasteiger partial charge in [0.15, 0.2) is 0 Å². The molecule has 112 valence electrons. The van der Waals surface area contributed by atoms with Crippen LogP contribution < -0.4 is 5.32 Å². The highest BCUT2D eigenvalue weighted by Gasteiger charge is 2.42. The van der Waals surface area contributed by atoms with E-state index in [1.54, 1.807) is 19.9 Å². The smallest absolute Gasteiger partial charge is 0.337 e. The van der Waals surface area contributed by atoms with Crippen LogP contribution in [0, 0.1) is 12.8 Å². The number of rotatable bonds is 3. The predicted octanol–water partition coefficient (Wildman–Crippen LogP) is 2.64. The summed E-state index contributed by atoms with van der Waals surface area (Å²) in [7, 11) is 0. The molecule has 0 spiro atoms. The molecule has 0 saturated heterocycles. The molecule has 0 saturated carbocycles. The molecule has 1 aliphatic heterocycles. The molecule has 0 fully saturated rings. The number of carbonyl (C=O) groups excluding carboxylic acids is 1. The molecule has 5 nitrogen and oxygen atoms in total. The van der Waals surface area contributed by atoms with Gasteiger partial charge in [0.05, 0.1) is 10.6 Å². The van der Waals surface area contributed by atoms with Crippen LogP contribution in [0.5, 0.6) is 0 Å². The van der Waals surface area contributed by atoms with Crippen LogP contribution in [0.25, 0.3) is 0 Å². The minimum Gasteiger partial charge on any atom is -0.478 e. The first kappa shape index (κ1) is 15.5. The Bertz CT molecular complexity index is 667. The fraction of sp³-hybridized carbons (Fsp3) is 0.400. The Balaban J connectivity index is 2.56. The lowest BCUT2D eigenvalue weighted by molar-refractivity contribution is -0.124. The zero-order chi connectivity index (χ0) is 15.9. The number of nitrogens with zero attached hydrogens (tertiary/aromatic N) is 1. The Hall–Kier alpha value is -1.88. The first-order chi connectivity index (χ1) is 9.66. The standard InChI is InChI=1S/C15H17ClN2O3/c1-7(2)15(4)14(21)17-12(18-15)9-6-10(13(19)20)11(16)5-8(9)3/h5-7H,1-4H3,(H,19,20)(H,17,18,21). The van der Waals surface area contributed by atoms with Crippen molar-refractivity contribution < 1.29 is 14.7 Å². The van der Waals surface area contributed by atoms with Crippen molar-refractivity contribution in [3.8, 4) is 0 Å². The van der Waals surface area contributed by atoms with E-state index in [1.807, 2.05) is 13.8 Å². The summed E-state index contributed by atoms with van der Waals surface area (Å²) in [4.78, 5) is 27.8. The molecule has 1 heterocycles. The summed E-state index contributed by atoms with van der Waals surface area (Å²) in [6.07, 6.45) is 0. The molecule has 2 rings (SSSR count). The number of hydrogen-bond acceptors (Lipinski definition) is 3. The summed E-state index contributed by atoms with van der Waals surface area (Å²) in [6.45, 7) is 7.41. The van der Waals surface area contributed by atoms with Crippen LogP contribution in [-0.4, -0.2) is 28.4 Å². The van der Waals surface area contributed by atoms with E-state index in [2.05, 4.69) is 10.3 Å². The number of carbonyl (C=O) groups is 2. The van der Waals surface area contributed by atoms with Crippen molar-refractivity contribution in [2.75, 3.05) is 0 Å². The van der Waals surface area contributed by atoms with Crippen molar-refractivity contribution in [3.05, 3.63) is 33.8 Å². The van der Waals surface area contributed by atoms with Gasteiger partial charge in [-0.15, -0.1) is 0 Å². The zero-order valence-corrected chi connectivity index (χ0v) is 13.1. The van der Waals surface area contributed by atoms with Gasteiger partial charge in [0, 0.05) is 5.56 Å². The molecule has 0 radical (unpaired) electrons. The molecule has 1 amide bonds. The summed E-state index contributed by atoms with van der Waals surface area (Å²) in [5, 5.41) is 12.1. The zero-order valence-electron chi connectivity index (χ0n) is 12.3. The van der Waals surface area contributed by atoms with Gasteiger partial charge in [0.25, 0.3) is 5.91 Å². The lowest BCUT2D eigenvalue weighted by Crippen LogP contribution is -2.41. The molecular formula is C15H17ClN2O3. The highest BCUT2D eigenvalue weighted by molar-refractivity contribution is 6.34. The molecule has 1 aromatic rings. The van der Waals surface area contributed by atoms with Crippen LogP contribution in [0.15, 0.2) is 17.1 Å². The second kappa shape index (κ2) is 5.15. The van der Waals surface area contributed by atoms with Crippen molar-refractivity contribution in [2.24, 2.45) is 10.9 Å². The van der Waals surface area contributed by atoms with Gasteiger partial charge in [-0.3, -0.25) is 9.79 Å². The summed E-state index contributed by atoms with van der Waals surface area (Å²) in [5.41, 5.74) is 0.490. The summed E-state index contributed by atoms with van der Waals surface area (Å²) >= 11 is 5.93. The van der Waals surface area contributed by atoms with Gasteiger partial charge in [0.1, 0.15) is 11.4 Å². The molecule has 1 unspecified atom stereocenters. The summed E-state index contributed by atoms with van der Waals surface area (Å²) < 4.78 is 0. The van der Waals surface area contributed by atoms with Crippen LogP contribution in [0.4, 0.5) is 0 Å². The van der Waals surface area contributed by atoms with Crippen LogP contribution >= 0.6 is 11.6 Å². The Morgan fingerprint density at radius 3 is 2.52 bits per heavy atom. The SMILES string of the molecule is Cc1cc(Cl)c(C(=O)O)cc1C1=NC(C)(C(C)C)C(=O)N1. The molecule has 2 N–H and O–H groups in total. The lowest BCUT2D eigenvalue weighted by Gasteiger charge is -2.21. The number of hydrogen-bond donors (Lipinski definition) is 2. The first-order valence-electron chi connectivity index (χ1n) is 6.62. The number of nitrogens with one attached hydrogen (secondary N) is 1. The number of carboxylic acids is 1. The monoisotopic (exact) mass is 308 g/mol. The Morgan fingerprint density at radius 1 is 1.43 bits per heavy atom. The van der Waals surface area contributed by atoms with E-state index in [-0.39, 0.29) is 22.4 Å². The molecule has 21 heavy (non-hydrogen) atoms. The van der Waals surface area contributed by atoms with Crippen molar-refractivity contribution in [1.29, 1.82) is 0 Å². The fourth-order valence-electron chi connectivity index (χ4n) is 2.16. The Labute approximate surface area is 128 Å². The number of benzene rings is 1. The number of aliphatic imine (C=N–C) groups is 1. The van der Waals surface area contributed by atoms with E-state index in [0.29, 0.717) is 11.4 Å². The normalized spacial score (nSPS) is 21.4. The molecule has 1 aliphatic rings. The highest BCUT2D eigenvalue weighted by atomic mass is 35.5. The van der Waals surface area contributed by atoms with Gasteiger partial charge in [-0.25, -0.2) is 4.79 Å². The average Bonchev–Trinajstić information content (AvgIpc) is 2.66. The van der Waals surface area contributed by atoms with E-state index in [9.17, 15) is 9.59 Å². The maximum absolute atomic E-state index is 12.2. The topological polar surface area (TPSA) is 78.8 Å². The van der Waals surface area contributed by atoms with Crippen molar-refractivity contribution >= 4 is 29.3 Å². The van der Waals surface area contributed by atoms with Gasteiger partial charge < -0.3 is 10.4 Å². The summed E-state index contributed by atoms with van der Waals surface area (Å²) in [6, 6.07) is 3.02. The average molecular weight is 309 g/mol. The van der Waals surface area contributed by atoms with Crippen LogP contribution in [0.2, 0.25) is 5.02 Å². The number of aromatic carboxylic acids is 1. The Kier molecular flexibility index (Phi) is 3.80. The second-order valence-corrected chi connectivity index (χ2v) is 6.08. The number of amidine groups is 1. The maximum atomic E-state index is 12.2. The molecule has 0 aliphatic carbocycles. The van der Waals surface area contributed by atoms with Crippen LogP contribution in [-0.2, 0) is 4.79 Å². The first-order valence-corrected chi connectivity index (χ1v) is 6.99. The predicted molar refractivity (Wildman–Crippen MR) is 81.1 cm³/mol. The number of aryl methyl sites for hydroxylation is 1. The van der Waals surface area contributed by atoms with Crippen molar-refractivity contribution in [2.45, 2.75) is 33.2 Å². The number of halogens is 1. The van der Waals surface area contributed by atoms with Crippen molar-refractivity contribution in [1.82, 2.24) is 5.32 Å². The van der Waals surface area contributed by atoms with E-state index >= 15 is 0 Å². The Morgan fingerprint density at radius 2 is 2.05 bits per heavy atom. The van der Waals surface area contributed by atoms with Gasteiger partial charge in [0.2, 0.25) is 0 Å². The molecule has 0 bridgehead atoms. The van der Waals surface area contributed by atoms with Crippen LogP contribution in [0.3, 0.4) is 0 Å². The van der Waals surface area contributed by atoms with E-state index in [1.165, 1.54) is 6.07 Å². The number of carboxylic acid groups (broad SMARTS) is 1. The third kappa shape index (κ3) is 2.53.